The molecule has 0 atom stereocenters. The molecule has 2 aromatic heterocycles. The van der Waals surface area contributed by atoms with E-state index in [0.717, 1.165) is 53.4 Å². The van der Waals surface area contributed by atoms with Gasteiger partial charge in [0.05, 0.1) is 11.6 Å². The van der Waals surface area contributed by atoms with Crippen molar-refractivity contribution in [3.8, 4) is 11.1 Å². The molecule has 27 heavy (non-hydrogen) atoms. The summed E-state index contributed by atoms with van der Waals surface area (Å²) in [7, 11) is 0. The van der Waals surface area contributed by atoms with E-state index in [1.807, 2.05) is 37.3 Å². The van der Waals surface area contributed by atoms with Crippen LogP contribution in [0.25, 0.3) is 22.0 Å². The van der Waals surface area contributed by atoms with E-state index in [0.29, 0.717) is 17.7 Å². The van der Waals surface area contributed by atoms with E-state index in [9.17, 15) is 9.90 Å². The predicted molar refractivity (Wildman–Crippen MR) is 104 cm³/mol. The number of carbonyl (C=O) groups is 1. The van der Waals surface area contributed by atoms with E-state index in [1.54, 1.807) is 0 Å². The molecule has 0 radical (unpaired) electrons. The summed E-state index contributed by atoms with van der Waals surface area (Å²) in [6, 6.07) is 10.1. The van der Waals surface area contributed by atoms with Crippen LogP contribution in [-0.2, 0) is 0 Å². The van der Waals surface area contributed by atoms with Gasteiger partial charge in [0.25, 0.3) is 5.91 Å². The molecule has 1 saturated carbocycles. The molecule has 6 nitrogen and oxygen atoms in total. The van der Waals surface area contributed by atoms with Gasteiger partial charge in [-0.1, -0.05) is 12.1 Å². The van der Waals surface area contributed by atoms with E-state index in [4.69, 9.17) is 10.8 Å². The van der Waals surface area contributed by atoms with Crippen LogP contribution in [0.4, 0.5) is 0 Å². The molecule has 4 rings (SSSR count). The summed E-state index contributed by atoms with van der Waals surface area (Å²) in [4.78, 5) is 16.1. The van der Waals surface area contributed by atoms with Crippen molar-refractivity contribution in [1.82, 2.24) is 14.8 Å². The van der Waals surface area contributed by atoms with Crippen LogP contribution in [0, 0.1) is 12.8 Å². The molecule has 0 saturated heterocycles. The maximum atomic E-state index is 11.8. The highest BCUT2D eigenvalue weighted by Crippen LogP contribution is 2.33. The monoisotopic (exact) mass is 364 g/mol. The standard InChI is InChI=1S/C21H24N4O2/c1-13-2-8-18(20(23-13)21(22)27)15-5-9-19-16(10-15)11-25(24-19)17-6-3-14(12-26)4-7-17/h2,5,8-11,14,17,26H,3-4,6-7,12H2,1H3,(H2,22,27). The number of nitrogens with two attached hydrogens (primary N) is 1. The zero-order valence-corrected chi connectivity index (χ0v) is 15.4. The second kappa shape index (κ2) is 7.12. The highest BCUT2D eigenvalue weighted by molar-refractivity contribution is 5.99. The topological polar surface area (TPSA) is 94.0 Å². The zero-order valence-electron chi connectivity index (χ0n) is 15.4. The van der Waals surface area contributed by atoms with Crippen molar-refractivity contribution in [2.45, 2.75) is 38.6 Å². The van der Waals surface area contributed by atoms with Gasteiger partial charge >= 0.3 is 0 Å². The summed E-state index contributed by atoms with van der Waals surface area (Å²) in [5, 5.41) is 15.1. The second-order valence-electron chi connectivity index (χ2n) is 7.45. The number of pyridine rings is 1. The fraction of sp³-hybridized carbons (Fsp3) is 0.381. The SMILES string of the molecule is Cc1ccc(-c2ccc3nn(C4CCC(CO)CC4)cc3c2)c(C(N)=O)n1. The third-order valence-corrected chi connectivity index (χ3v) is 5.55. The Morgan fingerprint density at radius 2 is 2.00 bits per heavy atom. The number of fused-ring (bicyclic) bond motifs is 1. The fourth-order valence-electron chi connectivity index (χ4n) is 3.97. The Hall–Kier alpha value is -2.73. The smallest absolute Gasteiger partial charge is 0.267 e. The van der Waals surface area contributed by atoms with Crippen LogP contribution in [0.5, 0.6) is 0 Å². The average Bonchev–Trinajstić information content (AvgIpc) is 3.11. The molecule has 0 aliphatic heterocycles. The third-order valence-electron chi connectivity index (χ3n) is 5.55. The van der Waals surface area contributed by atoms with Crippen molar-refractivity contribution in [1.29, 1.82) is 0 Å². The second-order valence-corrected chi connectivity index (χ2v) is 7.45. The summed E-state index contributed by atoms with van der Waals surface area (Å²) < 4.78 is 2.06. The molecule has 6 heteroatoms. The molecular formula is C21H24N4O2. The minimum Gasteiger partial charge on any atom is -0.396 e. The number of nitrogens with zero attached hydrogens (tertiary/aromatic N) is 3. The van der Waals surface area contributed by atoms with Crippen molar-refractivity contribution in [3.63, 3.8) is 0 Å². The van der Waals surface area contributed by atoms with E-state index < -0.39 is 5.91 Å². The van der Waals surface area contributed by atoms with Crippen LogP contribution >= 0.6 is 0 Å². The number of benzene rings is 1. The molecule has 0 bridgehead atoms. The first-order valence-corrected chi connectivity index (χ1v) is 9.42. The molecule has 1 fully saturated rings. The molecule has 3 N–H and O–H groups in total. The van der Waals surface area contributed by atoms with Gasteiger partial charge in [-0.05, 0) is 62.3 Å². The van der Waals surface area contributed by atoms with Gasteiger partial charge in [-0.25, -0.2) is 4.98 Å². The van der Waals surface area contributed by atoms with Gasteiger partial charge in [-0.2, -0.15) is 5.10 Å². The molecule has 2 heterocycles. The van der Waals surface area contributed by atoms with Crippen LogP contribution in [0.1, 0.15) is 47.9 Å². The van der Waals surface area contributed by atoms with Crippen molar-refractivity contribution in [3.05, 3.63) is 47.9 Å². The van der Waals surface area contributed by atoms with Crippen LogP contribution in [0.15, 0.2) is 36.5 Å². The van der Waals surface area contributed by atoms with E-state index in [-0.39, 0.29) is 6.61 Å². The van der Waals surface area contributed by atoms with Crippen LogP contribution in [0.2, 0.25) is 0 Å². The van der Waals surface area contributed by atoms with Crippen LogP contribution in [-0.4, -0.2) is 32.4 Å². The summed E-state index contributed by atoms with van der Waals surface area (Å²) in [5.74, 6) is -0.0933. The lowest BCUT2D eigenvalue weighted by Gasteiger charge is -2.27. The first-order valence-electron chi connectivity index (χ1n) is 9.42. The number of amides is 1. The molecule has 3 aromatic rings. The van der Waals surface area contributed by atoms with Gasteiger partial charge in [0.15, 0.2) is 0 Å². The Labute approximate surface area is 158 Å². The number of rotatable bonds is 4. The molecular weight excluding hydrogens is 340 g/mol. The number of aryl methyl sites for hydroxylation is 1. The quantitative estimate of drug-likeness (QED) is 0.743. The van der Waals surface area contributed by atoms with Crippen molar-refractivity contribution >= 4 is 16.8 Å². The lowest BCUT2D eigenvalue weighted by Crippen LogP contribution is -2.20. The number of aliphatic hydroxyl groups excluding tert-OH is 1. The lowest BCUT2D eigenvalue weighted by atomic mass is 9.87. The molecule has 1 aromatic carbocycles. The number of aromatic nitrogens is 3. The maximum Gasteiger partial charge on any atom is 0.267 e. The van der Waals surface area contributed by atoms with Gasteiger partial charge in [-0.3, -0.25) is 9.48 Å². The molecule has 140 valence electrons. The van der Waals surface area contributed by atoms with Gasteiger partial charge in [-0.15, -0.1) is 0 Å². The summed E-state index contributed by atoms with van der Waals surface area (Å²) in [6.07, 6.45) is 6.24. The lowest BCUT2D eigenvalue weighted by molar-refractivity contribution is 0.0996. The summed E-state index contributed by atoms with van der Waals surface area (Å²) >= 11 is 0. The average molecular weight is 364 g/mol. The maximum absolute atomic E-state index is 11.8. The first kappa shape index (κ1) is 17.7. The van der Waals surface area contributed by atoms with Gasteiger partial charge in [0.1, 0.15) is 5.69 Å². The Balaban J connectivity index is 1.67. The zero-order chi connectivity index (χ0) is 19.0. The van der Waals surface area contributed by atoms with Gasteiger partial charge in [0, 0.05) is 29.4 Å². The highest BCUT2D eigenvalue weighted by Gasteiger charge is 2.22. The van der Waals surface area contributed by atoms with E-state index >= 15 is 0 Å². The van der Waals surface area contributed by atoms with Gasteiger partial charge in [0.2, 0.25) is 0 Å². The number of hydrogen-bond donors (Lipinski definition) is 2. The molecule has 1 aliphatic carbocycles. The Morgan fingerprint density at radius 1 is 1.22 bits per heavy atom. The van der Waals surface area contributed by atoms with Crippen molar-refractivity contribution in [2.24, 2.45) is 11.7 Å². The summed E-state index contributed by atoms with van der Waals surface area (Å²) in [5.41, 5.74) is 9.17. The predicted octanol–water partition coefficient (Wildman–Crippen LogP) is 3.23. The largest absolute Gasteiger partial charge is 0.396 e. The fourth-order valence-corrected chi connectivity index (χ4v) is 3.97. The van der Waals surface area contributed by atoms with E-state index in [2.05, 4.69) is 15.9 Å². The number of carbonyl (C=O) groups excluding carboxylic acids is 1. The van der Waals surface area contributed by atoms with Crippen molar-refractivity contribution < 1.29 is 9.90 Å². The minimum atomic E-state index is -0.523. The van der Waals surface area contributed by atoms with Crippen LogP contribution in [0.3, 0.4) is 0 Å². The normalized spacial score (nSPS) is 20.1. The summed E-state index contributed by atoms with van der Waals surface area (Å²) in [6.45, 7) is 2.12. The van der Waals surface area contributed by atoms with Gasteiger partial charge < -0.3 is 10.8 Å². The number of primary amides is 1. The minimum absolute atomic E-state index is 0.282. The molecule has 0 unspecified atom stereocenters. The number of hydrogen-bond acceptors (Lipinski definition) is 4. The Morgan fingerprint density at radius 3 is 2.70 bits per heavy atom. The number of aliphatic hydroxyl groups is 1. The van der Waals surface area contributed by atoms with Crippen LogP contribution < -0.4 is 5.73 Å². The van der Waals surface area contributed by atoms with E-state index in [1.165, 1.54) is 0 Å². The highest BCUT2D eigenvalue weighted by atomic mass is 16.3. The molecule has 1 amide bonds. The Bertz CT molecular complexity index is 987. The third kappa shape index (κ3) is 3.45. The Kier molecular flexibility index (Phi) is 4.66. The molecule has 1 aliphatic rings. The van der Waals surface area contributed by atoms with Crippen molar-refractivity contribution in [2.75, 3.05) is 6.61 Å². The molecule has 0 spiro atoms. The first-order chi connectivity index (χ1) is 13.0.